The van der Waals surface area contributed by atoms with Crippen LogP contribution in [0, 0.1) is 6.07 Å². The van der Waals surface area contributed by atoms with Gasteiger partial charge in [0.2, 0.25) is 0 Å². The second kappa shape index (κ2) is 9.36. The van der Waals surface area contributed by atoms with E-state index < -0.39 is 0 Å². The Morgan fingerprint density at radius 2 is 1.38 bits per heavy atom. The number of para-hydroxylation sites is 2. The first-order chi connectivity index (χ1) is 18.8. The van der Waals surface area contributed by atoms with Crippen molar-refractivity contribution in [2.75, 3.05) is 0 Å². The maximum Gasteiger partial charge on any atom is 0.137 e. The predicted octanol–water partition coefficient (Wildman–Crippen LogP) is 9.21. The molecule has 8 rings (SSSR count). The van der Waals surface area contributed by atoms with Gasteiger partial charge in [0, 0.05) is 59.6 Å². The van der Waals surface area contributed by atoms with Crippen LogP contribution in [0.3, 0.4) is 0 Å². The molecular formula is C35H21IrN2O-. The predicted molar refractivity (Wildman–Crippen MR) is 156 cm³/mol. The molecule has 0 unspecified atom stereocenters. The SMILES string of the molecule is [Ir].[c-]1ccc(-c2ccc3c(c2)c2cc4c(cc2n3-c2ccccc2)oc2ccccc24)cc1-c1ccccn1. The normalized spacial score (nSPS) is 11.4. The fourth-order valence-corrected chi connectivity index (χ4v) is 5.59. The molecule has 0 fully saturated rings. The monoisotopic (exact) mass is 678 g/mol. The molecule has 0 aliphatic rings. The summed E-state index contributed by atoms with van der Waals surface area (Å²) in [6.07, 6.45) is 1.82. The van der Waals surface area contributed by atoms with E-state index in [9.17, 15) is 0 Å². The standard InChI is InChI=1S/C35H21N2O.Ir/c1-2-11-26(12-3-1)37-32-17-16-24(23-9-8-10-25(19-23)31-14-6-7-18-36-31)20-28(32)29-21-30-27-13-4-5-15-34(27)38-35(30)22-33(29)37;/h1-9,11-22H;/q-1;. The van der Waals surface area contributed by atoms with Gasteiger partial charge >= 0.3 is 0 Å². The Balaban J connectivity index is 0.00000253. The molecule has 5 aromatic carbocycles. The van der Waals surface area contributed by atoms with Crippen molar-refractivity contribution in [3.8, 4) is 28.1 Å². The number of rotatable bonds is 3. The fraction of sp³-hybridized carbons (Fsp3) is 0. The van der Waals surface area contributed by atoms with Gasteiger partial charge < -0.3 is 14.0 Å². The Morgan fingerprint density at radius 1 is 0.590 bits per heavy atom. The molecule has 39 heavy (non-hydrogen) atoms. The zero-order valence-electron chi connectivity index (χ0n) is 20.8. The molecular weight excluding hydrogens is 657 g/mol. The van der Waals surface area contributed by atoms with Crippen molar-refractivity contribution in [3.63, 3.8) is 0 Å². The van der Waals surface area contributed by atoms with Gasteiger partial charge in [-0.25, -0.2) is 0 Å². The number of benzene rings is 5. The number of aromatic nitrogens is 2. The summed E-state index contributed by atoms with van der Waals surface area (Å²) in [5.41, 5.74) is 9.44. The topological polar surface area (TPSA) is 31.0 Å². The summed E-state index contributed by atoms with van der Waals surface area (Å²) in [7, 11) is 0. The van der Waals surface area contributed by atoms with Crippen molar-refractivity contribution in [1.29, 1.82) is 0 Å². The first-order valence-electron chi connectivity index (χ1n) is 12.7. The first kappa shape index (κ1) is 23.6. The molecule has 0 atom stereocenters. The Bertz CT molecular complexity index is 2130. The zero-order chi connectivity index (χ0) is 25.1. The average Bonchev–Trinajstić information content (AvgIpc) is 3.51. The third-order valence-electron chi connectivity index (χ3n) is 7.35. The minimum Gasteiger partial charge on any atom is -0.456 e. The third kappa shape index (κ3) is 3.80. The molecule has 187 valence electrons. The summed E-state index contributed by atoms with van der Waals surface area (Å²) in [4.78, 5) is 4.52. The summed E-state index contributed by atoms with van der Waals surface area (Å²) in [5, 5.41) is 4.69. The Kier molecular flexibility index (Phi) is 5.66. The molecule has 8 aromatic rings. The van der Waals surface area contributed by atoms with E-state index in [1.165, 1.54) is 16.3 Å². The molecule has 0 aliphatic heterocycles. The number of hydrogen-bond acceptors (Lipinski definition) is 2. The molecule has 0 spiro atoms. The number of fused-ring (bicyclic) bond motifs is 6. The molecule has 0 saturated heterocycles. The first-order valence-corrected chi connectivity index (χ1v) is 12.7. The number of furan rings is 1. The van der Waals surface area contributed by atoms with E-state index >= 15 is 0 Å². The Labute approximate surface area is 238 Å². The molecule has 3 heterocycles. The van der Waals surface area contributed by atoms with Crippen molar-refractivity contribution in [2.45, 2.75) is 0 Å². The molecule has 0 bridgehead atoms. The number of nitrogens with zero attached hydrogens (tertiary/aromatic N) is 2. The second-order valence-corrected chi connectivity index (χ2v) is 9.57. The van der Waals surface area contributed by atoms with Crippen LogP contribution in [-0.2, 0) is 20.1 Å². The van der Waals surface area contributed by atoms with Crippen molar-refractivity contribution in [1.82, 2.24) is 9.55 Å². The van der Waals surface area contributed by atoms with E-state index in [2.05, 4.69) is 101 Å². The van der Waals surface area contributed by atoms with Crippen LogP contribution in [0.5, 0.6) is 0 Å². The van der Waals surface area contributed by atoms with Crippen molar-refractivity contribution in [3.05, 3.63) is 134 Å². The molecule has 1 radical (unpaired) electrons. The van der Waals surface area contributed by atoms with E-state index in [-0.39, 0.29) is 20.1 Å². The van der Waals surface area contributed by atoms with Gasteiger partial charge in [0.1, 0.15) is 11.2 Å². The van der Waals surface area contributed by atoms with Crippen LogP contribution in [-0.4, -0.2) is 9.55 Å². The summed E-state index contributed by atoms with van der Waals surface area (Å²) in [5.74, 6) is 0. The van der Waals surface area contributed by atoms with Crippen LogP contribution in [0.4, 0.5) is 0 Å². The van der Waals surface area contributed by atoms with E-state index in [1.807, 2.05) is 42.6 Å². The van der Waals surface area contributed by atoms with E-state index in [1.54, 1.807) is 0 Å². The molecule has 3 nitrogen and oxygen atoms in total. The van der Waals surface area contributed by atoms with Crippen molar-refractivity contribution in [2.24, 2.45) is 0 Å². The van der Waals surface area contributed by atoms with Crippen molar-refractivity contribution < 1.29 is 24.5 Å². The van der Waals surface area contributed by atoms with Gasteiger partial charge in [0.15, 0.2) is 0 Å². The summed E-state index contributed by atoms with van der Waals surface area (Å²) in [6.45, 7) is 0. The Morgan fingerprint density at radius 3 is 2.26 bits per heavy atom. The van der Waals surface area contributed by atoms with E-state index in [0.29, 0.717) is 0 Å². The third-order valence-corrected chi connectivity index (χ3v) is 7.35. The summed E-state index contributed by atoms with van der Waals surface area (Å²) in [6, 6.07) is 45.6. The smallest absolute Gasteiger partial charge is 0.137 e. The van der Waals surface area contributed by atoms with Gasteiger partial charge in [-0.15, -0.1) is 35.4 Å². The fourth-order valence-electron chi connectivity index (χ4n) is 5.59. The van der Waals surface area contributed by atoms with Crippen molar-refractivity contribution >= 4 is 43.7 Å². The van der Waals surface area contributed by atoms with E-state index in [4.69, 9.17) is 4.42 Å². The molecule has 4 heteroatoms. The minimum atomic E-state index is 0. The zero-order valence-corrected chi connectivity index (χ0v) is 23.2. The second-order valence-electron chi connectivity index (χ2n) is 9.57. The summed E-state index contributed by atoms with van der Waals surface area (Å²) < 4.78 is 8.61. The average molecular weight is 678 g/mol. The van der Waals surface area contributed by atoms with Crippen LogP contribution in [0.2, 0.25) is 0 Å². The van der Waals surface area contributed by atoms with Gasteiger partial charge in [0.05, 0.1) is 11.0 Å². The molecule has 0 N–H and O–H groups in total. The van der Waals surface area contributed by atoms with Gasteiger partial charge in [0.25, 0.3) is 0 Å². The number of pyridine rings is 1. The molecule has 3 aromatic heterocycles. The molecule has 0 saturated carbocycles. The molecule has 0 amide bonds. The van der Waals surface area contributed by atoms with Gasteiger partial charge in [-0.3, -0.25) is 0 Å². The van der Waals surface area contributed by atoms with Crippen LogP contribution >= 0.6 is 0 Å². The van der Waals surface area contributed by atoms with Crippen LogP contribution in [0.1, 0.15) is 0 Å². The van der Waals surface area contributed by atoms with Crippen LogP contribution < -0.4 is 0 Å². The summed E-state index contributed by atoms with van der Waals surface area (Å²) >= 11 is 0. The van der Waals surface area contributed by atoms with Crippen LogP contribution in [0.15, 0.2) is 132 Å². The number of hydrogen-bond donors (Lipinski definition) is 0. The quantitative estimate of drug-likeness (QED) is 0.175. The largest absolute Gasteiger partial charge is 0.456 e. The Hall–Kier alpha value is -4.50. The minimum absolute atomic E-state index is 0. The van der Waals surface area contributed by atoms with Gasteiger partial charge in [-0.2, -0.15) is 0 Å². The van der Waals surface area contributed by atoms with E-state index in [0.717, 1.165) is 55.5 Å². The van der Waals surface area contributed by atoms with Crippen LogP contribution in [0.25, 0.3) is 71.8 Å². The maximum absolute atomic E-state index is 6.27. The van der Waals surface area contributed by atoms with Gasteiger partial charge in [-0.05, 0) is 53.7 Å². The maximum atomic E-state index is 6.27. The molecule has 0 aliphatic carbocycles. The van der Waals surface area contributed by atoms with Gasteiger partial charge in [-0.1, -0.05) is 54.6 Å².